The fourth-order valence-electron chi connectivity index (χ4n) is 2.95. The van der Waals surface area contributed by atoms with Crippen LogP contribution in [0.1, 0.15) is 19.4 Å². The summed E-state index contributed by atoms with van der Waals surface area (Å²) >= 11 is 0. The SMILES string of the molecule is CCc1ccc(O[C@@H](C)C(=O)Nc2ccc(S(=O)(=O)N3CCOCC3)cc2)cc1. The van der Waals surface area contributed by atoms with E-state index >= 15 is 0 Å². The standard InChI is InChI=1S/C21H26N2O5S/c1-3-17-4-8-19(9-5-17)28-16(2)21(24)22-18-6-10-20(11-7-18)29(25,26)23-12-14-27-15-13-23/h4-11,16H,3,12-15H2,1-2H3,(H,22,24)/t16-/m0/s1. The Morgan fingerprint density at radius 1 is 1.10 bits per heavy atom. The lowest BCUT2D eigenvalue weighted by Crippen LogP contribution is -2.40. The minimum atomic E-state index is -3.55. The fourth-order valence-corrected chi connectivity index (χ4v) is 4.36. The second-order valence-electron chi connectivity index (χ2n) is 6.79. The number of hydrogen-bond donors (Lipinski definition) is 1. The molecule has 1 amide bonds. The molecule has 0 spiro atoms. The van der Waals surface area contributed by atoms with Crippen molar-refractivity contribution < 1.29 is 22.7 Å². The topological polar surface area (TPSA) is 84.9 Å². The van der Waals surface area contributed by atoms with Gasteiger partial charge in [-0.15, -0.1) is 0 Å². The lowest BCUT2D eigenvalue weighted by molar-refractivity contribution is -0.122. The maximum Gasteiger partial charge on any atom is 0.265 e. The van der Waals surface area contributed by atoms with E-state index in [1.165, 1.54) is 22.0 Å². The van der Waals surface area contributed by atoms with Crippen LogP contribution in [-0.4, -0.2) is 51.0 Å². The van der Waals surface area contributed by atoms with Crippen LogP contribution in [0.4, 0.5) is 5.69 Å². The molecule has 2 aromatic carbocycles. The summed E-state index contributed by atoms with van der Waals surface area (Å²) in [5.74, 6) is 0.310. The Labute approximate surface area is 171 Å². The number of morpholine rings is 1. The molecule has 0 bridgehead atoms. The first-order valence-corrected chi connectivity index (χ1v) is 11.1. The maximum atomic E-state index is 12.6. The lowest BCUT2D eigenvalue weighted by Gasteiger charge is -2.26. The second kappa shape index (κ2) is 9.39. The van der Waals surface area contributed by atoms with Crippen molar-refractivity contribution in [2.75, 3.05) is 31.6 Å². The minimum Gasteiger partial charge on any atom is -0.481 e. The maximum absolute atomic E-state index is 12.6. The summed E-state index contributed by atoms with van der Waals surface area (Å²) in [6.07, 6.45) is 0.243. The number of hydrogen-bond acceptors (Lipinski definition) is 5. The molecule has 0 aromatic heterocycles. The molecule has 0 saturated carbocycles. The van der Waals surface area contributed by atoms with Crippen molar-refractivity contribution in [1.82, 2.24) is 4.31 Å². The Kier molecular flexibility index (Phi) is 6.89. The summed E-state index contributed by atoms with van der Waals surface area (Å²) in [6, 6.07) is 13.8. The summed E-state index contributed by atoms with van der Waals surface area (Å²) in [7, 11) is -3.55. The number of rotatable bonds is 7. The number of amides is 1. The van der Waals surface area contributed by atoms with Crippen molar-refractivity contribution in [2.45, 2.75) is 31.3 Å². The molecule has 29 heavy (non-hydrogen) atoms. The molecule has 1 saturated heterocycles. The van der Waals surface area contributed by atoms with Gasteiger partial charge in [0.15, 0.2) is 6.10 Å². The predicted molar refractivity (Wildman–Crippen MR) is 111 cm³/mol. The fraction of sp³-hybridized carbons (Fsp3) is 0.381. The molecule has 1 fully saturated rings. The molecule has 1 aliphatic heterocycles. The van der Waals surface area contributed by atoms with Crippen molar-refractivity contribution in [3.63, 3.8) is 0 Å². The van der Waals surface area contributed by atoms with Crippen LogP contribution in [-0.2, 0) is 26.0 Å². The number of carbonyl (C=O) groups is 1. The van der Waals surface area contributed by atoms with Gasteiger partial charge in [-0.3, -0.25) is 4.79 Å². The monoisotopic (exact) mass is 418 g/mol. The van der Waals surface area contributed by atoms with E-state index in [2.05, 4.69) is 12.2 Å². The first-order valence-electron chi connectivity index (χ1n) is 9.64. The largest absolute Gasteiger partial charge is 0.481 e. The zero-order valence-corrected chi connectivity index (χ0v) is 17.4. The van der Waals surface area contributed by atoms with Crippen LogP contribution in [0.3, 0.4) is 0 Å². The van der Waals surface area contributed by atoms with E-state index in [4.69, 9.17) is 9.47 Å². The van der Waals surface area contributed by atoms with E-state index < -0.39 is 16.1 Å². The van der Waals surface area contributed by atoms with Crippen LogP contribution in [0.15, 0.2) is 53.4 Å². The molecule has 0 radical (unpaired) electrons. The van der Waals surface area contributed by atoms with Crippen LogP contribution in [0.5, 0.6) is 5.75 Å². The number of carbonyl (C=O) groups excluding carboxylic acids is 1. The zero-order chi connectivity index (χ0) is 20.9. The number of anilines is 1. The Morgan fingerprint density at radius 2 is 1.72 bits per heavy atom. The van der Waals surface area contributed by atoms with Crippen molar-refractivity contribution in [2.24, 2.45) is 0 Å². The van der Waals surface area contributed by atoms with Crippen molar-refractivity contribution in [3.05, 3.63) is 54.1 Å². The number of ether oxygens (including phenoxy) is 2. The summed E-state index contributed by atoms with van der Waals surface area (Å²) in [6.45, 7) is 5.21. The summed E-state index contributed by atoms with van der Waals surface area (Å²) in [4.78, 5) is 12.6. The van der Waals surface area contributed by atoms with Crippen molar-refractivity contribution in [3.8, 4) is 5.75 Å². The van der Waals surface area contributed by atoms with E-state index in [0.717, 1.165) is 6.42 Å². The molecule has 3 rings (SSSR count). The third kappa shape index (κ3) is 5.35. The van der Waals surface area contributed by atoms with Gasteiger partial charge in [-0.1, -0.05) is 19.1 Å². The molecule has 7 nitrogen and oxygen atoms in total. The van der Waals surface area contributed by atoms with Gasteiger partial charge in [0.25, 0.3) is 5.91 Å². The van der Waals surface area contributed by atoms with Crippen LogP contribution in [0.2, 0.25) is 0 Å². The average molecular weight is 419 g/mol. The normalized spacial score (nSPS) is 16.2. The molecule has 1 aliphatic rings. The number of sulfonamides is 1. The first kappa shape index (κ1) is 21.3. The third-order valence-corrected chi connectivity index (χ3v) is 6.66. The summed E-state index contributed by atoms with van der Waals surface area (Å²) in [5.41, 5.74) is 1.70. The van der Waals surface area contributed by atoms with Gasteiger partial charge in [0.05, 0.1) is 18.1 Å². The van der Waals surface area contributed by atoms with Gasteiger partial charge in [-0.25, -0.2) is 8.42 Å². The van der Waals surface area contributed by atoms with Crippen LogP contribution < -0.4 is 10.1 Å². The number of benzene rings is 2. The zero-order valence-electron chi connectivity index (χ0n) is 16.6. The van der Waals surface area contributed by atoms with E-state index in [1.807, 2.05) is 24.3 Å². The summed E-state index contributed by atoms with van der Waals surface area (Å²) < 4.78 is 37.6. The Bertz CT molecular complexity index is 921. The number of nitrogens with one attached hydrogen (secondary N) is 1. The van der Waals surface area contributed by atoms with E-state index in [9.17, 15) is 13.2 Å². The molecule has 0 aliphatic carbocycles. The summed E-state index contributed by atoms with van der Waals surface area (Å²) in [5, 5.41) is 2.75. The van der Waals surface area contributed by atoms with Gasteiger partial charge in [0.2, 0.25) is 10.0 Å². The molecule has 0 unspecified atom stereocenters. The molecule has 1 atom stereocenters. The molecular weight excluding hydrogens is 392 g/mol. The number of aryl methyl sites for hydroxylation is 1. The molecule has 1 heterocycles. The minimum absolute atomic E-state index is 0.192. The molecular formula is C21H26N2O5S. The highest BCUT2D eigenvalue weighted by molar-refractivity contribution is 7.89. The van der Waals surface area contributed by atoms with Gasteiger partial charge in [-0.05, 0) is 55.3 Å². The number of nitrogens with zero attached hydrogens (tertiary/aromatic N) is 1. The van der Waals surface area contributed by atoms with Gasteiger partial charge in [-0.2, -0.15) is 4.31 Å². The lowest BCUT2D eigenvalue weighted by atomic mass is 10.2. The highest BCUT2D eigenvalue weighted by Crippen LogP contribution is 2.20. The van der Waals surface area contributed by atoms with Crippen molar-refractivity contribution >= 4 is 21.6 Å². The van der Waals surface area contributed by atoms with Crippen LogP contribution in [0.25, 0.3) is 0 Å². The molecule has 156 valence electrons. The Hall–Kier alpha value is -2.42. The van der Waals surface area contributed by atoms with Crippen LogP contribution in [0, 0.1) is 0 Å². The van der Waals surface area contributed by atoms with Gasteiger partial charge >= 0.3 is 0 Å². The first-order chi connectivity index (χ1) is 13.9. The van der Waals surface area contributed by atoms with Gasteiger partial charge < -0.3 is 14.8 Å². The smallest absolute Gasteiger partial charge is 0.265 e. The quantitative estimate of drug-likeness (QED) is 0.747. The second-order valence-corrected chi connectivity index (χ2v) is 8.73. The molecule has 2 aromatic rings. The molecule has 1 N–H and O–H groups in total. The van der Waals surface area contributed by atoms with Gasteiger partial charge in [0.1, 0.15) is 5.75 Å². The highest BCUT2D eigenvalue weighted by Gasteiger charge is 2.26. The van der Waals surface area contributed by atoms with E-state index in [1.54, 1.807) is 19.1 Å². The average Bonchev–Trinajstić information content (AvgIpc) is 2.75. The Morgan fingerprint density at radius 3 is 2.31 bits per heavy atom. The van der Waals surface area contributed by atoms with Gasteiger partial charge in [0, 0.05) is 18.8 Å². The Balaban J connectivity index is 1.60. The predicted octanol–water partition coefficient (Wildman–Crippen LogP) is 2.68. The third-order valence-electron chi connectivity index (χ3n) is 4.74. The van der Waals surface area contributed by atoms with E-state index in [-0.39, 0.29) is 10.8 Å². The van der Waals surface area contributed by atoms with Crippen molar-refractivity contribution in [1.29, 1.82) is 0 Å². The van der Waals surface area contributed by atoms with Crippen LogP contribution >= 0.6 is 0 Å². The highest BCUT2D eigenvalue weighted by atomic mass is 32.2. The molecule has 8 heteroatoms. The van der Waals surface area contributed by atoms with E-state index in [0.29, 0.717) is 37.7 Å².